The first-order valence-electron chi connectivity index (χ1n) is 6.37. The van der Waals surface area contributed by atoms with Gasteiger partial charge in [-0.05, 0) is 24.5 Å². The number of carbonyl (C=O) groups excluding carboxylic acids is 1. The van der Waals surface area contributed by atoms with Gasteiger partial charge in [0.05, 0.1) is 13.2 Å². The zero-order chi connectivity index (χ0) is 14.3. The lowest BCUT2D eigenvalue weighted by Gasteiger charge is -2.08. The number of hydrogen-bond acceptors (Lipinski definition) is 5. The molecular formula is C14H20N2O3. The maximum absolute atomic E-state index is 11.6. The molecule has 0 N–H and O–H groups in total. The van der Waals surface area contributed by atoms with Gasteiger partial charge in [0.1, 0.15) is 18.2 Å². The lowest BCUT2D eigenvalue weighted by molar-refractivity contribution is -0.138. The Morgan fingerprint density at radius 1 is 1.63 bits per heavy atom. The highest BCUT2D eigenvalue weighted by molar-refractivity contribution is 5.93. The summed E-state index contributed by atoms with van der Waals surface area (Å²) in [5.41, 5.74) is -0.0137. The predicted molar refractivity (Wildman–Crippen MR) is 70.8 cm³/mol. The minimum absolute atomic E-state index is 0.0137. The molecule has 0 unspecified atom stereocenters. The number of esters is 1. The molecule has 19 heavy (non-hydrogen) atoms. The second-order valence-electron chi connectivity index (χ2n) is 4.79. The van der Waals surface area contributed by atoms with Crippen LogP contribution < -0.4 is 0 Å². The van der Waals surface area contributed by atoms with Crippen molar-refractivity contribution in [1.29, 1.82) is 5.26 Å². The molecule has 0 aromatic rings. The number of likely N-dealkylation sites (N-methyl/N-ethyl adjacent to an activating group) is 1. The fourth-order valence-electron chi connectivity index (χ4n) is 1.45. The maximum Gasteiger partial charge on any atom is 0.348 e. The molecule has 1 rings (SSSR count). The molecule has 0 aliphatic carbocycles. The lowest BCUT2D eigenvalue weighted by atomic mass is 10.1. The van der Waals surface area contributed by atoms with Gasteiger partial charge in [0.2, 0.25) is 0 Å². The van der Waals surface area contributed by atoms with E-state index in [4.69, 9.17) is 14.7 Å². The molecule has 0 bridgehead atoms. The largest absolute Gasteiger partial charge is 0.477 e. The van der Waals surface area contributed by atoms with Gasteiger partial charge in [0.15, 0.2) is 5.88 Å². The molecule has 1 aliphatic rings. The highest BCUT2D eigenvalue weighted by Crippen LogP contribution is 2.11. The molecule has 0 aromatic heterocycles. The average Bonchev–Trinajstić information content (AvgIpc) is 2.75. The van der Waals surface area contributed by atoms with Crippen molar-refractivity contribution in [3.63, 3.8) is 0 Å². The molecule has 0 radical (unpaired) electrons. The first-order valence-corrected chi connectivity index (χ1v) is 6.37. The third-order valence-corrected chi connectivity index (χ3v) is 2.71. The van der Waals surface area contributed by atoms with Crippen molar-refractivity contribution >= 4 is 5.97 Å². The number of nitriles is 1. The number of carbonyl (C=O) groups is 1. The van der Waals surface area contributed by atoms with Crippen molar-refractivity contribution in [3.8, 4) is 6.07 Å². The number of allylic oxidation sites excluding steroid dienone is 2. The van der Waals surface area contributed by atoms with E-state index in [2.05, 4.69) is 0 Å². The number of ether oxygens (including phenoxy) is 2. The minimum atomic E-state index is -0.583. The molecule has 1 saturated heterocycles. The Labute approximate surface area is 114 Å². The van der Waals surface area contributed by atoms with Gasteiger partial charge in [-0.1, -0.05) is 13.8 Å². The van der Waals surface area contributed by atoms with Crippen LogP contribution in [0.3, 0.4) is 0 Å². The summed E-state index contributed by atoms with van der Waals surface area (Å²) in [6, 6.07) is 1.85. The van der Waals surface area contributed by atoms with Crippen LogP contribution >= 0.6 is 0 Å². The summed E-state index contributed by atoms with van der Waals surface area (Å²) in [5.74, 6) is 0.536. The van der Waals surface area contributed by atoms with Gasteiger partial charge in [0.25, 0.3) is 0 Å². The maximum atomic E-state index is 11.6. The topological polar surface area (TPSA) is 62.6 Å². The number of hydrogen-bond donors (Lipinski definition) is 0. The van der Waals surface area contributed by atoms with Gasteiger partial charge in [-0.3, -0.25) is 0 Å². The molecule has 0 saturated carbocycles. The predicted octanol–water partition coefficient (Wildman–Crippen LogP) is 1.83. The van der Waals surface area contributed by atoms with Crippen molar-refractivity contribution in [2.45, 2.75) is 20.3 Å². The van der Waals surface area contributed by atoms with Crippen LogP contribution in [0.2, 0.25) is 0 Å². The fourth-order valence-corrected chi connectivity index (χ4v) is 1.45. The molecule has 0 atom stereocenters. The van der Waals surface area contributed by atoms with Crippen LogP contribution in [-0.2, 0) is 14.3 Å². The first-order chi connectivity index (χ1) is 9.04. The van der Waals surface area contributed by atoms with Gasteiger partial charge in [-0.15, -0.1) is 0 Å². The molecular weight excluding hydrogens is 244 g/mol. The van der Waals surface area contributed by atoms with E-state index in [1.165, 1.54) is 6.08 Å². The van der Waals surface area contributed by atoms with Crippen LogP contribution in [0.25, 0.3) is 0 Å². The molecule has 1 fully saturated rings. The third-order valence-electron chi connectivity index (χ3n) is 2.71. The number of rotatable bonds is 5. The molecule has 0 aromatic carbocycles. The fraction of sp³-hybridized carbons (Fsp3) is 0.571. The molecule has 0 spiro atoms. The van der Waals surface area contributed by atoms with Crippen LogP contribution in [-0.4, -0.2) is 37.7 Å². The Balaban J connectivity index is 2.57. The highest BCUT2D eigenvalue weighted by Gasteiger charge is 2.14. The SMILES string of the molecule is CC(C)CCOC(=O)/C(C#N)=C\C=C1\OCCN1C. The molecule has 104 valence electrons. The Bertz CT molecular complexity index is 419. The summed E-state index contributed by atoms with van der Waals surface area (Å²) in [6.45, 7) is 5.86. The van der Waals surface area contributed by atoms with Crippen molar-refractivity contribution in [3.05, 3.63) is 23.6 Å². The number of nitrogens with zero attached hydrogens (tertiary/aromatic N) is 2. The average molecular weight is 264 g/mol. The van der Waals surface area contributed by atoms with E-state index in [1.807, 2.05) is 31.9 Å². The molecule has 5 heteroatoms. The van der Waals surface area contributed by atoms with E-state index in [0.29, 0.717) is 25.0 Å². The van der Waals surface area contributed by atoms with E-state index < -0.39 is 5.97 Å². The summed E-state index contributed by atoms with van der Waals surface area (Å²) in [4.78, 5) is 13.6. The van der Waals surface area contributed by atoms with Crippen LogP contribution in [0.4, 0.5) is 0 Å². The van der Waals surface area contributed by atoms with Crippen molar-refractivity contribution < 1.29 is 14.3 Å². The highest BCUT2D eigenvalue weighted by atomic mass is 16.5. The summed E-state index contributed by atoms with van der Waals surface area (Å²) in [6.07, 6.45) is 3.85. The molecule has 5 nitrogen and oxygen atoms in total. The van der Waals surface area contributed by atoms with E-state index in [0.717, 1.165) is 13.0 Å². The second kappa shape index (κ2) is 7.47. The van der Waals surface area contributed by atoms with Crippen molar-refractivity contribution in [2.75, 3.05) is 26.8 Å². The summed E-state index contributed by atoms with van der Waals surface area (Å²) < 4.78 is 10.4. The van der Waals surface area contributed by atoms with Crippen LogP contribution in [0.5, 0.6) is 0 Å². The quantitative estimate of drug-likeness (QED) is 0.430. The minimum Gasteiger partial charge on any atom is -0.477 e. The van der Waals surface area contributed by atoms with Gasteiger partial charge in [0, 0.05) is 7.05 Å². The zero-order valence-corrected chi connectivity index (χ0v) is 11.7. The van der Waals surface area contributed by atoms with Gasteiger partial charge >= 0.3 is 5.97 Å². The van der Waals surface area contributed by atoms with E-state index in [9.17, 15) is 4.79 Å². The second-order valence-corrected chi connectivity index (χ2v) is 4.79. The summed E-state index contributed by atoms with van der Waals surface area (Å²) >= 11 is 0. The smallest absolute Gasteiger partial charge is 0.348 e. The van der Waals surface area contributed by atoms with Gasteiger partial charge in [-0.2, -0.15) is 5.26 Å². The Hall–Kier alpha value is -1.96. The van der Waals surface area contributed by atoms with E-state index in [-0.39, 0.29) is 5.57 Å². The monoisotopic (exact) mass is 264 g/mol. The Morgan fingerprint density at radius 2 is 2.37 bits per heavy atom. The summed E-state index contributed by atoms with van der Waals surface area (Å²) in [7, 11) is 1.89. The normalized spacial score (nSPS) is 17.5. The summed E-state index contributed by atoms with van der Waals surface area (Å²) in [5, 5.41) is 8.94. The van der Waals surface area contributed by atoms with Gasteiger partial charge < -0.3 is 14.4 Å². The van der Waals surface area contributed by atoms with E-state index in [1.54, 1.807) is 6.08 Å². The Morgan fingerprint density at radius 3 is 2.89 bits per heavy atom. The van der Waals surface area contributed by atoms with Gasteiger partial charge in [-0.25, -0.2) is 4.79 Å². The molecule has 0 amide bonds. The Kier molecular flexibility index (Phi) is 5.94. The standard InChI is InChI=1S/C14H20N2O3/c1-11(2)6-8-19-14(17)12(10-15)4-5-13-16(3)7-9-18-13/h4-5,11H,6-9H2,1-3H3/b12-4-,13-5+. The van der Waals surface area contributed by atoms with Crippen molar-refractivity contribution in [1.82, 2.24) is 4.90 Å². The van der Waals surface area contributed by atoms with Crippen LogP contribution in [0, 0.1) is 17.2 Å². The molecule has 1 heterocycles. The van der Waals surface area contributed by atoms with Crippen molar-refractivity contribution in [2.24, 2.45) is 5.92 Å². The molecule has 1 aliphatic heterocycles. The third kappa shape index (κ3) is 5.04. The first kappa shape index (κ1) is 15.1. The van der Waals surface area contributed by atoms with Crippen LogP contribution in [0.1, 0.15) is 20.3 Å². The van der Waals surface area contributed by atoms with E-state index >= 15 is 0 Å². The lowest BCUT2D eigenvalue weighted by Crippen LogP contribution is -2.11. The van der Waals surface area contributed by atoms with Crippen LogP contribution in [0.15, 0.2) is 23.6 Å². The zero-order valence-electron chi connectivity index (χ0n) is 11.7.